The Labute approximate surface area is 174 Å². The van der Waals surface area contributed by atoms with E-state index in [1.807, 2.05) is 0 Å². The molecule has 0 heterocycles. The third-order valence-corrected chi connectivity index (χ3v) is 5.45. The van der Waals surface area contributed by atoms with Gasteiger partial charge in [-0.2, -0.15) is 0 Å². The summed E-state index contributed by atoms with van der Waals surface area (Å²) in [5.74, 6) is 0.990. The van der Waals surface area contributed by atoms with Crippen molar-refractivity contribution in [2.45, 2.75) is 45.4 Å². The second-order valence-electron chi connectivity index (χ2n) is 7.02. The third-order valence-electron chi connectivity index (χ3n) is 4.89. The molecule has 0 N–H and O–H groups in total. The fourth-order valence-electron chi connectivity index (χ4n) is 3.23. The molecular weight excluding hydrogens is 398 g/mol. The zero-order valence-electron chi connectivity index (χ0n) is 16.7. The lowest BCUT2D eigenvalue weighted by Gasteiger charge is -2.20. The van der Waals surface area contributed by atoms with Crippen molar-refractivity contribution in [2.24, 2.45) is 0 Å². The normalized spacial score (nSPS) is 11.1. The van der Waals surface area contributed by atoms with Gasteiger partial charge in [-0.1, -0.05) is 65.3 Å². The number of unbranched alkanes of at least 4 members (excludes halogenated alkanes) is 1. The van der Waals surface area contributed by atoms with Gasteiger partial charge in [-0.3, -0.25) is 0 Å². The Morgan fingerprint density at radius 3 is 2.00 bits per heavy atom. The van der Waals surface area contributed by atoms with Gasteiger partial charge in [0.25, 0.3) is 0 Å². The van der Waals surface area contributed by atoms with Crippen LogP contribution in [0.4, 0.5) is 0 Å². The van der Waals surface area contributed by atoms with Crippen LogP contribution in [0.2, 0.25) is 0 Å². The number of ether oxygens (including phenoxy) is 1. The standard InChI is InChI=1S/C24H34BrNO/c1-2-26(19-8-12-22-10-4-3-5-11-22)20-9-13-23-14-16-24(17-15-23)27-21-7-6-18-25/h3-5,10-11,14-17H,2,6-9,12-13,18-21H2,1H3. The number of hydrogen-bond donors (Lipinski definition) is 0. The van der Waals surface area contributed by atoms with Crippen LogP contribution in [0, 0.1) is 0 Å². The molecular formula is C24H34BrNO. The molecule has 0 aliphatic heterocycles. The Bertz CT molecular complexity index is 600. The van der Waals surface area contributed by atoms with E-state index in [-0.39, 0.29) is 0 Å². The summed E-state index contributed by atoms with van der Waals surface area (Å²) in [6.07, 6.45) is 7.03. The first-order chi connectivity index (χ1) is 13.3. The highest BCUT2D eigenvalue weighted by molar-refractivity contribution is 9.09. The predicted octanol–water partition coefficient (Wildman–Crippen LogP) is 6.13. The van der Waals surface area contributed by atoms with E-state index in [0.717, 1.165) is 43.5 Å². The van der Waals surface area contributed by atoms with Gasteiger partial charge in [0.1, 0.15) is 5.75 Å². The molecule has 148 valence electrons. The van der Waals surface area contributed by atoms with Crippen LogP contribution in [0.25, 0.3) is 0 Å². The number of rotatable bonds is 14. The van der Waals surface area contributed by atoms with E-state index >= 15 is 0 Å². The first-order valence-corrected chi connectivity index (χ1v) is 11.5. The molecule has 27 heavy (non-hydrogen) atoms. The van der Waals surface area contributed by atoms with Crippen LogP contribution in [0.1, 0.15) is 43.7 Å². The van der Waals surface area contributed by atoms with Crippen molar-refractivity contribution >= 4 is 15.9 Å². The minimum absolute atomic E-state index is 0.805. The lowest BCUT2D eigenvalue weighted by molar-refractivity contribution is 0.281. The topological polar surface area (TPSA) is 12.5 Å². The Morgan fingerprint density at radius 1 is 0.778 bits per heavy atom. The van der Waals surface area contributed by atoms with Crippen molar-refractivity contribution in [2.75, 3.05) is 31.6 Å². The maximum absolute atomic E-state index is 5.77. The lowest BCUT2D eigenvalue weighted by atomic mass is 10.1. The summed E-state index contributed by atoms with van der Waals surface area (Å²) in [4.78, 5) is 2.57. The van der Waals surface area contributed by atoms with E-state index in [9.17, 15) is 0 Å². The molecule has 0 spiro atoms. The molecule has 0 radical (unpaired) electrons. The summed E-state index contributed by atoms with van der Waals surface area (Å²) in [5.41, 5.74) is 2.85. The smallest absolute Gasteiger partial charge is 0.119 e. The van der Waals surface area contributed by atoms with Crippen LogP contribution in [0.3, 0.4) is 0 Å². The quantitative estimate of drug-likeness (QED) is 0.263. The Hall–Kier alpha value is -1.32. The fraction of sp³-hybridized carbons (Fsp3) is 0.500. The molecule has 0 amide bonds. The second-order valence-corrected chi connectivity index (χ2v) is 7.81. The van der Waals surface area contributed by atoms with Crippen molar-refractivity contribution in [3.8, 4) is 5.75 Å². The second kappa shape index (κ2) is 13.8. The van der Waals surface area contributed by atoms with Crippen LogP contribution in [0.15, 0.2) is 54.6 Å². The Kier molecular flexibility index (Phi) is 11.2. The minimum atomic E-state index is 0.805. The van der Waals surface area contributed by atoms with Crippen molar-refractivity contribution in [3.05, 3.63) is 65.7 Å². The van der Waals surface area contributed by atoms with Gasteiger partial charge in [0.05, 0.1) is 6.61 Å². The van der Waals surface area contributed by atoms with Crippen molar-refractivity contribution < 1.29 is 4.74 Å². The molecule has 2 rings (SSSR count). The Morgan fingerprint density at radius 2 is 1.41 bits per heavy atom. The van der Waals surface area contributed by atoms with E-state index in [0.29, 0.717) is 0 Å². The molecule has 0 saturated heterocycles. The van der Waals surface area contributed by atoms with Gasteiger partial charge in [0.2, 0.25) is 0 Å². The van der Waals surface area contributed by atoms with E-state index in [2.05, 4.69) is 82.4 Å². The number of alkyl halides is 1. The third kappa shape index (κ3) is 9.44. The van der Waals surface area contributed by atoms with Gasteiger partial charge in [-0.05, 0) is 81.4 Å². The van der Waals surface area contributed by atoms with Crippen molar-refractivity contribution in [1.29, 1.82) is 0 Å². The van der Waals surface area contributed by atoms with Crippen LogP contribution >= 0.6 is 15.9 Å². The van der Waals surface area contributed by atoms with Gasteiger partial charge in [-0.15, -0.1) is 0 Å². The van der Waals surface area contributed by atoms with Crippen LogP contribution < -0.4 is 4.74 Å². The summed E-state index contributed by atoms with van der Waals surface area (Å²) in [5, 5.41) is 1.05. The molecule has 2 aromatic carbocycles. The van der Waals surface area contributed by atoms with Crippen LogP contribution in [-0.4, -0.2) is 36.5 Å². The number of benzene rings is 2. The zero-order valence-corrected chi connectivity index (χ0v) is 18.3. The molecule has 0 fully saturated rings. The molecule has 0 aliphatic rings. The van der Waals surface area contributed by atoms with E-state index in [1.54, 1.807) is 0 Å². The first-order valence-electron chi connectivity index (χ1n) is 10.4. The average Bonchev–Trinajstić information content (AvgIpc) is 2.72. The molecule has 3 heteroatoms. The number of nitrogens with zero attached hydrogens (tertiary/aromatic N) is 1. The largest absolute Gasteiger partial charge is 0.494 e. The number of hydrogen-bond acceptors (Lipinski definition) is 2. The van der Waals surface area contributed by atoms with E-state index in [4.69, 9.17) is 4.74 Å². The first kappa shape index (κ1) is 22.0. The molecule has 0 aromatic heterocycles. The predicted molar refractivity (Wildman–Crippen MR) is 120 cm³/mol. The van der Waals surface area contributed by atoms with Gasteiger partial charge in [0, 0.05) is 5.33 Å². The molecule has 0 saturated carbocycles. The highest BCUT2D eigenvalue weighted by Crippen LogP contribution is 2.14. The van der Waals surface area contributed by atoms with Crippen LogP contribution in [0.5, 0.6) is 5.75 Å². The molecule has 2 aromatic rings. The summed E-state index contributed by atoms with van der Waals surface area (Å²) >= 11 is 3.45. The summed E-state index contributed by atoms with van der Waals surface area (Å²) in [7, 11) is 0. The zero-order chi connectivity index (χ0) is 19.2. The van der Waals surface area contributed by atoms with Gasteiger partial charge in [-0.25, -0.2) is 0 Å². The monoisotopic (exact) mass is 431 g/mol. The minimum Gasteiger partial charge on any atom is -0.494 e. The molecule has 0 unspecified atom stereocenters. The van der Waals surface area contributed by atoms with Crippen LogP contribution in [-0.2, 0) is 12.8 Å². The van der Waals surface area contributed by atoms with Gasteiger partial charge in [0.15, 0.2) is 0 Å². The molecule has 0 atom stereocenters. The molecule has 0 aliphatic carbocycles. The SMILES string of the molecule is CCN(CCCc1ccccc1)CCCc1ccc(OCCCCBr)cc1. The van der Waals surface area contributed by atoms with Gasteiger partial charge >= 0.3 is 0 Å². The summed E-state index contributed by atoms with van der Waals surface area (Å²) < 4.78 is 5.77. The lowest BCUT2D eigenvalue weighted by Crippen LogP contribution is -2.26. The Balaban J connectivity index is 1.61. The number of halogens is 1. The molecule has 0 bridgehead atoms. The maximum atomic E-state index is 5.77. The summed E-state index contributed by atoms with van der Waals surface area (Å²) in [6, 6.07) is 19.5. The average molecular weight is 432 g/mol. The number of aryl methyl sites for hydroxylation is 2. The van der Waals surface area contributed by atoms with E-state index in [1.165, 1.54) is 43.5 Å². The highest BCUT2D eigenvalue weighted by Gasteiger charge is 2.03. The summed E-state index contributed by atoms with van der Waals surface area (Å²) in [6.45, 7) is 6.57. The highest BCUT2D eigenvalue weighted by atomic mass is 79.9. The maximum Gasteiger partial charge on any atom is 0.119 e. The van der Waals surface area contributed by atoms with E-state index < -0.39 is 0 Å². The van der Waals surface area contributed by atoms with Crippen molar-refractivity contribution in [1.82, 2.24) is 4.90 Å². The van der Waals surface area contributed by atoms with Gasteiger partial charge < -0.3 is 9.64 Å². The molecule has 2 nitrogen and oxygen atoms in total. The fourth-order valence-corrected chi connectivity index (χ4v) is 3.62. The van der Waals surface area contributed by atoms with Crippen molar-refractivity contribution in [3.63, 3.8) is 0 Å².